The minimum atomic E-state index is 0.767. The van der Waals surface area contributed by atoms with E-state index in [0.717, 1.165) is 23.6 Å². The first kappa shape index (κ1) is 11.9. The molecule has 0 saturated heterocycles. The summed E-state index contributed by atoms with van der Waals surface area (Å²) in [7, 11) is 0. The number of halogens is 1. The zero-order valence-corrected chi connectivity index (χ0v) is 11.7. The van der Waals surface area contributed by atoms with Crippen molar-refractivity contribution >= 4 is 15.9 Å². The molecule has 1 N–H and O–H groups in total. The molecule has 1 heterocycles. The number of hydrogen-bond acceptors (Lipinski definition) is 2. The molecule has 18 heavy (non-hydrogen) atoms. The van der Waals surface area contributed by atoms with Gasteiger partial charge in [0.1, 0.15) is 0 Å². The third-order valence-corrected chi connectivity index (χ3v) is 3.69. The van der Waals surface area contributed by atoms with E-state index in [9.17, 15) is 0 Å². The highest BCUT2D eigenvalue weighted by molar-refractivity contribution is 9.10. The van der Waals surface area contributed by atoms with Gasteiger partial charge in [0, 0.05) is 29.2 Å². The van der Waals surface area contributed by atoms with E-state index in [4.69, 9.17) is 0 Å². The standard InChI is InChI=1S/C14H16BrN3/c15-12-3-1-2-11(8-12)14-9-16-10-18(14)7-6-17-13-4-5-13/h1-3,8-10,13,17H,4-7H2. The molecule has 1 aliphatic carbocycles. The van der Waals surface area contributed by atoms with Crippen molar-refractivity contribution in [2.75, 3.05) is 6.54 Å². The van der Waals surface area contributed by atoms with Crippen LogP contribution in [0.1, 0.15) is 12.8 Å². The third-order valence-electron chi connectivity index (χ3n) is 3.20. The Morgan fingerprint density at radius 3 is 3.06 bits per heavy atom. The molecular formula is C14H16BrN3. The van der Waals surface area contributed by atoms with E-state index in [-0.39, 0.29) is 0 Å². The van der Waals surface area contributed by atoms with Gasteiger partial charge < -0.3 is 9.88 Å². The molecule has 4 heteroatoms. The lowest BCUT2D eigenvalue weighted by atomic mass is 10.2. The maximum Gasteiger partial charge on any atom is 0.0951 e. The van der Waals surface area contributed by atoms with Crippen LogP contribution in [0, 0.1) is 0 Å². The Labute approximate surface area is 115 Å². The summed E-state index contributed by atoms with van der Waals surface area (Å²) in [5.74, 6) is 0. The fourth-order valence-corrected chi connectivity index (χ4v) is 2.46. The van der Waals surface area contributed by atoms with Gasteiger partial charge >= 0.3 is 0 Å². The molecule has 1 fully saturated rings. The van der Waals surface area contributed by atoms with Crippen molar-refractivity contribution in [2.45, 2.75) is 25.4 Å². The normalized spacial score (nSPS) is 14.9. The monoisotopic (exact) mass is 305 g/mol. The Bertz CT molecular complexity index is 531. The first-order valence-electron chi connectivity index (χ1n) is 6.32. The second kappa shape index (κ2) is 5.24. The van der Waals surface area contributed by atoms with Gasteiger partial charge in [-0.2, -0.15) is 0 Å². The molecular weight excluding hydrogens is 290 g/mol. The number of rotatable bonds is 5. The number of aromatic nitrogens is 2. The zero-order chi connectivity index (χ0) is 12.4. The molecule has 0 spiro atoms. The quantitative estimate of drug-likeness (QED) is 0.920. The molecule has 3 rings (SSSR count). The smallest absolute Gasteiger partial charge is 0.0951 e. The summed E-state index contributed by atoms with van der Waals surface area (Å²) in [6, 6.07) is 9.11. The van der Waals surface area contributed by atoms with Gasteiger partial charge in [-0.25, -0.2) is 4.98 Å². The summed E-state index contributed by atoms with van der Waals surface area (Å²) >= 11 is 3.51. The number of nitrogens with zero attached hydrogens (tertiary/aromatic N) is 2. The first-order valence-corrected chi connectivity index (χ1v) is 7.12. The molecule has 1 aromatic heterocycles. The summed E-state index contributed by atoms with van der Waals surface area (Å²) in [6.07, 6.45) is 6.51. The largest absolute Gasteiger partial charge is 0.329 e. The average molecular weight is 306 g/mol. The minimum absolute atomic E-state index is 0.767. The predicted octanol–water partition coefficient (Wildman–Crippen LogP) is 3.06. The highest BCUT2D eigenvalue weighted by Gasteiger charge is 2.19. The Hall–Kier alpha value is -1.13. The molecule has 2 aromatic rings. The van der Waals surface area contributed by atoms with Crippen molar-refractivity contribution in [1.82, 2.24) is 14.9 Å². The van der Waals surface area contributed by atoms with Gasteiger partial charge in [-0.3, -0.25) is 0 Å². The molecule has 1 saturated carbocycles. The van der Waals surface area contributed by atoms with Gasteiger partial charge in [0.2, 0.25) is 0 Å². The Balaban J connectivity index is 1.73. The Kier molecular flexibility index (Phi) is 3.48. The molecule has 3 nitrogen and oxygen atoms in total. The summed E-state index contributed by atoms with van der Waals surface area (Å²) in [5, 5.41) is 3.53. The number of benzene rings is 1. The van der Waals surface area contributed by atoms with Crippen LogP contribution in [0.5, 0.6) is 0 Å². The van der Waals surface area contributed by atoms with Gasteiger partial charge in [0.15, 0.2) is 0 Å². The van der Waals surface area contributed by atoms with Crippen LogP contribution in [0.25, 0.3) is 11.3 Å². The van der Waals surface area contributed by atoms with Gasteiger partial charge in [-0.1, -0.05) is 28.1 Å². The first-order chi connectivity index (χ1) is 8.83. The summed E-state index contributed by atoms with van der Waals surface area (Å²) in [4.78, 5) is 4.26. The van der Waals surface area contributed by atoms with Crippen LogP contribution in [0.2, 0.25) is 0 Å². The van der Waals surface area contributed by atoms with E-state index in [1.165, 1.54) is 24.1 Å². The molecule has 0 aliphatic heterocycles. The number of hydrogen-bond donors (Lipinski definition) is 1. The molecule has 0 unspecified atom stereocenters. The van der Waals surface area contributed by atoms with E-state index < -0.39 is 0 Å². The molecule has 0 atom stereocenters. The number of imidazole rings is 1. The minimum Gasteiger partial charge on any atom is -0.329 e. The summed E-state index contributed by atoms with van der Waals surface area (Å²) in [6.45, 7) is 1.99. The van der Waals surface area contributed by atoms with Crippen LogP contribution in [0.15, 0.2) is 41.3 Å². The molecule has 0 bridgehead atoms. The predicted molar refractivity (Wildman–Crippen MR) is 76.4 cm³/mol. The highest BCUT2D eigenvalue weighted by Crippen LogP contribution is 2.23. The Morgan fingerprint density at radius 2 is 2.28 bits per heavy atom. The van der Waals surface area contributed by atoms with E-state index in [0.29, 0.717) is 0 Å². The topological polar surface area (TPSA) is 29.9 Å². The lowest BCUT2D eigenvalue weighted by Gasteiger charge is -2.09. The van der Waals surface area contributed by atoms with Crippen LogP contribution in [0.3, 0.4) is 0 Å². The Morgan fingerprint density at radius 1 is 1.39 bits per heavy atom. The van der Waals surface area contributed by atoms with E-state index in [2.05, 4.69) is 49.0 Å². The fraction of sp³-hybridized carbons (Fsp3) is 0.357. The summed E-state index contributed by atoms with van der Waals surface area (Å²) in [5.41, 5.74) is 2.38. The highest BCUT2D eigenvalue weighted by atomic mass is 79.9. The summed E-state index contributed by atoms with van der Waals surface area (Å²) < 4.78 is 3.31. The molecule has 1 aromatic carbocycles. The van der Waals surface area contributed by atoms with E-state index >= 15 is 0 Å². The van der Waals surface area contributed by atoms with Crippen LogP contribution in [-0.4, -0.2) is 22.1 Å². The lowest BCUT2D eigenvalue weighted by Crippen LogP contribution is -2.21. The maximum atomic E-state index is 4.26. The van der Waals surface area contributed by atoms with E-state index in [1.807, 2.05) is 18.6 Å². The van der Waals surface area contributed by atoms with Gasteiger partial charge in [0.25, 0.3) is 0 Å². The van der Waals surface area contributed by atoms with E-state index in [1.54, 1.807) is 0 Å². The second-order valence-corrected chi connectivity index (χ2v) is 5.63. The van der Waals surface area contributed by atoms with Gasteiger partial charge in [-0.15, -0.1) is 0 Å². The van der Waals surface area contributed by atoms with Crippen molar-refractivity contribution in [3.8, 4) is 11.3 Å². The lowest BCUT2D eigenvalue weighted by molar-refractivity contribution is 0.598. The molecule has 1 aliphatic rings. The van der Waals surface area contributed by atoms with Crippen molar-refractivity contribution in [2.24, 2.45) is 0 Å². The van der Waals surface area contributed by atoms with Gasteiger partial charge in [-0.05, 0) is 25.0 Å². The van der Waals surface area contributed by atoms with Crippen LogP contribution in [-0.2, 0) is 6.54 Å². The van der Waals surface area contributed by atoms with Crippen LogP contribution < -0.4 is 5.32 Å². The van der Waals surface area contributed by atoms with Crippen LogP contribution in [0.4, 0.5) is 0 Å². The average Bonchev–Trinajstić information content (AvgIpc) is 3.06. The number of nitrogens with one attached hydrogen (secondary N) is 1. The van der Waals surface area contributed by atoms with Crippen molar-refractivity contribution in [3.63, 3.8) is 0 Å². The zero-order valence-electron chi connectivity index (χ0n) is 10.1. The molecule has 94 valence electrons. The molecule has 0 amide bonds. The van der Waals surface area contributed by atoms with Crippen molar-refractivity contribution in [3.05, 3.63) is 41.3 Å². The third kappa shape index (κ3) is 2.82. The molecule has 0 radical (unpaired) electrons. The van der Waals surface area contributed by atoms with Gasteiger partial charge in [0.05, 0.1) is 18.2 Å². The van der Waals surface area contributed by atoms with Crippen molar-refractivity contribution < 1.29 is 0 Å². The van der Waals surface area contributed by atoms with Crippen LogP contribution >= 0.6 is 15.9 Å². The van der Waals surface area contributed by atoms with Crippen molar-refractivity contribution in [1.29, 1.82) is 0 Å². The maximum absolute atomic E-state index is 4.26. The second-order valence-electron chi connectivity index (χ2n) is 4.71. The fourth-order valence-electron chi connectivity index (χ4n) is 2.06. The SMILES string of the molecule is Brc1cccc(-c2cncn2CCNC2CC2)c1.